The van der Waals surface area contributed by atoms with E-state index >= 15 is 0 Å². The number of hydrogen-bond donors (Lipinski definition) is 1. The number of ether oxygens (including phenoxy) is 1. The van der Waals surface area contributed by atoms with Crippen LogP contribution in [0.5, 0.6) is 5.75 Å². The highest BCUT2D eigenvalue weighted by Gasteiger charge is 2.33. The summed E-state index contributed by atoms with van der Waals surface area (Å²) in [5.74, 6) is 1.45. The molecule has 1 aliphatic rings. The summed E-state index contributed by atoms with van der Waals surface area (Å²) in [5, 5.41) is 22.0. The fourth-order valence-electron chi connectivity index (χ4n) is 3.95. The van der Waals surface area contributed by atoms with Gasteiger partial charge in [-0.05, 0) is 49.2 Å². The van der Waals surface area contributed by atoms with Gasteiger partial charge in [-0.1, -0.05) is 49.2 Å². The third-order valence-corrected chi connectivity index (χ3v) is 6.56. The molecule has 32 heavy (non-hydrogen) atoms. The first-order valence-corrected chi connectivity index (χ1v) is 11.6. The molecule has 0 unspecified atom stereocenters. The normalized spacial score (nSPS) is 15.0. The molecule has 4 rings (SSSR count). The molecule has 0 radical (unpaired) electrons. The van der Waals surface area contributed by atoms with Crippen LogP contribution in [0.4, 0.5) is 0 Å². The van der Waals surface area contributed by atoms with Crippen molar-refractivity contribution < 1.29 is 9.53 Å². The van der Waals surface area contributed by atoms with Crippen LogP contribution in [0.1, 0.15) is 32.1 Å². The molecule has 1 saturated carbocycles. The first-order chi connectivity index (χ1) is 15.6. The number of thioether (sulfide) groups is 1. The first-order valence-electron chi connectivity index (χ1n) is 10.6. The smallest absolute Gasteiger partial charge is 0.231 e. The fourth-order valence-corrected chi connectivity index (χ4v) is 4.71. The van der Waals surface area contributed by atoms with Crippen LogP contribution < -0.4 is 10.1 Å². The lowest BCUT2D eigenvalue weighted by Crippen LogP contribution is -2.49. The largest absolute Gasteiger partial charge is 0.497 e. The summed E-state index contributed by atoms with van der Waals surface area (Å²) in [7, 11) is 1.63. The second-order valence-electron chi connectivity index (χ2n) is 7.80. The maximum Gasteiger partial charge on any atom is 0.231 e. The van der Waals surface area contributed by atoms with Crippen LogP contribution >= 0.6 is 11.8 Å². The van der Waals surface area contributed by atoms with Crippen LogP contribution in [0.25, 0.3) is 17.1 Å². The molecule has 0 saturated heterocycles. The van der Waals surface area contributed by atoms with Crippen molar-refractivity contribution in [1.82, 2.24) is 20.1 Å². The Kier molecular flexibility index (Phi) is 6.76. The summed E-state index contributed by atoms with van der Waals surface area (Å²) in [6.45, 7) is 0. The Hall–Kier alpha value is -3.31. The number of aromatic nitrogens is 3. The van der Waals surface area contributed by atoms with Crippen LogP contribution in [0.15, 0.2) is 59.8 Å². The summed E-state index contributed by atoms with van der Waals surface area (Å²) in [5.41, 5.74) is 1.06. The van der Waals surface area contributed by atoms with Crippen LogP contribution in [0, 0.1) is 11.3 Å². The Morgan fingerprint density at radius 3 is 2.50 bits per heavy atom. The van der Waals surface area contributed by atoms with Gasteiger partial charge in [0, 0.05) is 11.3 Å². The van der Waals surface area contributed by atoms with E-state index in [0.717, 1.165) is 36.3 Å². The van der Waals surface area contributed by atoms with E-state index in [-0.39, 0.29) is 11.7 Å². The Morgan fingerprint density at radius 2 is 1.84 bits per heavy atom. The molecule has 164 valence electrons. The quantitative estimate of drug-likeness (QED) is 0.541. The van der Waals surface area contributed by atoms with Crippen LogP contribution in [0.2, 0.25) is 0 Å². The lowest BCUT2D eigenvalue weighted by Gasteiger charge is -2.31. The average Bonchev–Trinajstić information content (AvgIpc) is 3.28. The van der Waals surface area contributed by atoms with Crippen molar-refractivity contribution in [3.63, 3.8) is 0 Å². The van der Waals surface area contributed by atoms with Gasteiger partial charge in [0.05, 0.1) is 18.9 Å². The van der Waals surface area contributed by atoms with Crippen molar-refractivity contribution in [3.05, 3.63) is 54.6 Å². The molecule has 2 aromatic carbocycles. The summed E-state index contributed by atoms with van der Waals surface area (Å²) in [6, 6.07) is 19.8. The Balaban J connectivity index is 1.56. The van der Waals surface area contributed by atoms with Gasteiger partial charge in [0.15, 0.2) is 11.0 Å². The standard InChI is InChI=1S/C24H25N5O2S/c1-31-20-12-10-18(11-13-20)22-27-28-23(29(22)19-8-4-2-5-9-19)32-16-21(30)26-24(17-25)14-6-3-7-15-24/h2,4-5,8-13H,3,6-7,14-16H2,1H3,(H,26,30). The third kappa shape index (κ3) is 4.78. The minimum absolute atomic E-state index is 0.160. The molecule has 1 aromatic heterocycles. The van der Waals surface area contributed by atoms with E-state index < -0.39 is 5.54 Å². The van der Waals surface area contributed by atoms with E-state index in [2.05, 4.69) is 21.6 Å². The molecular formula is C24H25N5O2S. The number of hydrogen-bond acceptors (Lipinski definition) is 6. The minimum atomic E-state index is -0.739. The van der Waals surface area contributed by atoms with Crippen LogP contribution in [-0.4, -0.2) is 39.1 Å². The van der Waals surface area contributed by atoms with Crippen molar-refractivity contribution in [1.29, 1.82) is 5.26 Å². The molecule has 1 heterocycles. The molecule has 3 aromatic rings. The number of amides is 1. The van der Waals surface area contributed by atoms with E-state index in [1.807, 2.05) is 59.2 Å². The first kappa shape index (κ1) is 21.9. The van der Waals surface area contributed by atoms with E-state index in [0.29, 0.717) is 23.8 Å². The number of methoxy groups -OCH3 is 1. The summed E-state index contributed by atoms with van der Waals surface area (Å²) in [4.78, 5) is 12.7. The molecule has 1 N–H and O–H groups in total. The minimum Gasteiger partial charge on any atom is -0.497 e. The molecule has 1 amide bonds. The Bertz CT molecular complexity index is 1100. The lowest BCUT2D eigenvalue weighted by molar-refractivity contribution is -0.120. The van der Waals surface area contributed by atoms with Gasteiger partial charge in [-0.15, -0.1) is 10.2 Å². The zero-order valence-corrected chi connectivity index (χ0v) is 18.8. The SMILES string of the molecule is COc1ccc(-c2nnc(SCC(=O)NC3(C#N)CCCCC3)n2-c2ccccc2)cc1. The number of rotatable bonds is 7. The second kappa shape index (κ2) is 9.88. The van der Waals surface area contributed by atoms with Gasteiger partial charge in [0.25, 0.3) is 0 Å². The molecule has 8 heteroatoms. The van der Waals surface area contributed by atoms with Crippen molar-refractivity contribution in [3.8, 4) is 28.9 Å². The molecule has 0 atom stereocenters. The molecular weight excluding hydrogens is 422 g/mol. The number of para-hydroxylation sites is 1. The maximum absolute atomic E-state index is 12.7. The number of nitrogens with one attached hydrogen (secondary N) is 1. The summed E-state index contributed by atoms with van der Waals surface area (Å²) in [6.07, 6.45) is 4.47. The third-order valence-electron chi connectivity index (χ3n) is 5.63. The fraction of sp³-hybridized carbons (Fsp3) is 0.333. The predicted octanol–water partition coefficient (Wildman–Crippen LogP) is 4.38. The van der Waals surface area contributed by atoms with Gasteiger partial charge in [0.2, 0.25) is 5.91 Å². The molecule has 1 aliphatic carbocycles. The van der Waals surface area contributed by atoms with Gasteiger partial charge < -0.3 is 10.1 Å². The summed E-state index contributed by atoms with van der Waals surface area (Å²) >= 11 is 1.31. The molecule has 0 bridgehead atoms. The van der Waals surface area contributed by atoms with E-state index in [1.165, 1.54) is 11.8 Å². The van der Waals surface area contributed by atoms with Gasteiger partial charge in [-0.2, -0.15) is 5.26 Å². The second-order valence-corrected chi connectivity index (χ2v) is 8.74. The van der Waals surface area contributed by atoms with Crippen LogP contribution in [0.3, 0.4) is 0 Å². The highest BCUT2D eigenvalue weighted by molar-refractivity contribution is 7.99. The Labute approximate surface area is 191 Å². The number of nitriles is 1. The molecule has 0 aliphatic heterocycles. The van der Waals surface area contributed by atoms with Crippen molar-refractivity contribution in [2.45, 2.75) is 42.8 Å². The molecule has 1 fully saturated rings. The number of carbonyl (C=O) groups excluding carboxylic acids is 1. The van der Waals surface area contributed by atoms with E-state index in [4.69, 9.17) is 4.74 Å². The number of carbonyl (C=O) groups is 1. The van der Waals surface area contributed by atoms with Crippen LogP contribution in [-0.2, 0) is 4.79 Å². The number of nitrogens with zero attached hydrogens (tertiary/aromatic N) is 4. The highest BCUT2D eigenvalue weighted by Crippen LogP contribution is 2.30. The average molecular weight is 448 g/mol. The van der Waals surface area contributed by atoms with Crippen molar-refractivity contribution in [2.24, 2.45) is 0 Å². The predicted molar refractivity (Wildman–Crippen MR) is 124 cm³/mol. The van der Waals surface area contributed by atoms with Gasteiger partial charge >= 0.3 is 0 Å². The number of benzene rings is 2. The van der Waals surface area contributed by atoms with E-state index in [1.54, 1.807) is 7.11 Å². The maximum atomic E-state index is 12.7. The summed E-state index contributed by atoms with van der Waals surface area (Å²) < 4.78 is 7.20. The van der Waals surface area contributed by atoms with Crippen molar-refractivity contribution >= 4 is 17.7 Å². The molecule has 0 spiro atoms. The molecule has 7 nitrogen and oxygen atoms in total. The van der Waals surface area contributed by atoms with Crippen molar-refractivity contribution in [2.75, 3.05) is 12.9 Å². The zero-order valence-electron chi connectivity index (χ0n) is 18.0. The lowest BCUT2D eigenvalue weighted by atomic mass is 9.83. The Morgan fingerprint density at radius 1 is 1.12 bits per heavy atom. The van der Waals surface area contributed by atoms with Gasteiger partial charge in [-0.25, -0.2) is 0 Å². The van der Waals surface area contributed by atoms with Gasteiger partial charge in [0.1, 0.15) is 11.3 Å². The monoisotopic (exact) mass is 447 g/mol. The topological polar surface area (TPSA) is 92.8 Å². The zero-order chi connectivity index (χ0) is 22.4. The highest BCUT2D eigenvalue weighted by atomic mass is 32.2. The van der Waals surface area contributed by atoms with Gasteiger partial charge in [-0.3, -0.25) is 9.36 Å². The van der Waals surface area contributed by atoms with E-state index in [9.17, 15) is 10.1 Å².